The molecule has 0 unspecified atom stereocenters. The molecule has 4 rings (SSSR count). The lowest BCUT2D eigenvalue weighted by Gasteiger charge is -2.34. The maximum Gasteiger partial charge on any atom is 0.116 e. The summed E-state index contributed by atoms with van der Waals surface area (Å²) in [5, 5.41) is 0. The number of hydrogen-bond donors (Lipinski definition) is 1. The molecule has 0 aromatic heterocycles. The summed E-state index contributed by atoms with van der Waals surface area (Å²) in [5.74, 6) is 1.05. The van der Waals surface area contributed by atoms with Gasteiger partial charge in [-0.2, -0.15) is 0 Å². The Labute approximate surface area is 264 Å². The standard InChI is InChI=1S/C10H15N.C8H16.C8H18.C7H13F.C7H14/c1-10(2,3)8-6-4-5-7-9(8)11;1-7(2,3)8(4)5-6-8;1-7(2,3)8(4,5)6;1-6(2,3)7(8)4-5-7;1-7(2,3)6-4-5-6/h4-7H,11H2,1-3H3;5-6H2,1-4H3;1-6H3;4-5H2,1-3H3;6H,4-5H2,1-3H3. The first-order valence-corrected chi connectivity index (χ1v) is 16.8. The van der Waals surface area contributed by atoms with Crippen LogP contribution < -0.4 is 5.73 Å². The Morgan fingerprint density at radius 1 is 0.619 bits per heavy atom. The van der Waals surface area contributed by atoms with Gasteiger partial charge in [0.1, 0.15) is 5.67 Å². The quantitative estimate of drug-likeness (QED) is 0.299. The Kier molecular flexibility index (Phi) is 13.6. The van der Waals surface area contributed by atoms with Crippen LogP contribution in [0.25, 0.3) is 0 Å². The highest BCUT2D eigenvalue weighted by atomic mass is 19.1. The van der Waals surface area contributed by atoms with Crippen molar-refractivity contribution in [3.05, 3.63) is 29.8 Å². The number of anilines is 1. The smallest absolute Gasteiger partial charge is 0.116 e. The third kappa shape index (κ3) is 14.6. The number of rotatable bonds is 0. The third-order valence-corrected chi connectivity index (χ3v) is 10.7. The maximum atomic E-state index is 13.0. The molecule has 1 aromatic rings. The van der Waals surface area contributed by atoms with Crippen LogP contribution in [-0.2, 0) is 5.41 Å². The number of nitrogen functional groups attached to an aromatic ring is 1. The van der Waals surface area contributed by atoms with Gasteiger partial charge in [0, 0.05) is 5.69 Å². The van der Waals surface area contributed by atoms with E-state index in [2.05, 4.69) is 117 Å². The maximum absolute atomic E-state index is 13.0. The van der Waals surface area contributed by atoms with E-state index in [0.717, 1.165) is 24.4 Å². The van der Waals surface area contributed by atoms with E-state index >= 15 is 0 Å². The van der Waals surface area contributed by atoms with E-state index in [9.17, 15) is 4.39 Å². The van der Waals surface area contributed by atoms with E-state index < -0.39 is 5.67 Å². The van der Waals surface area contributed by atoms with Crippen molar-refractivity contribution in [3.63, 3.8) is 0 Å². The second kappa shape index (κ2) is 13.9. The lowest BCUT2D eigenvalue weighted by molar-refractivity contribution is 0.137. The fraction of sp³-hybridized carbons (Fsp3) is 0.850. The molecule has 0 amide bonds. The lowest BCUT2D eigenvalue weighted by Crippen LogP contribution is -2.25. The Balaban J connectivity index is 0.000000505. The lowest BCUT2D eigenvalue weighted by atomic mass is 9.71. The minimum Gasteiger partial charge on any atom is -0.398 e. The molecule has 0 saturated heterocycles. The van der Waals surface area contributed by atoms with E-state index in [1.165, 1.54) is 31.2 Å². The van der Waals surface area contributed by atoms with E-state index in [-0.39, 0.29) is 10.8 Å². The van der Waals surface area contributed by atoms with Crippen molar-refractivity contribution in [2.24, 2.45) is 38.4 Å². The van der Waals surface area contributed by atoms with E-state index in [1.807, 2.05) is 39.0 Å². The molecule has 0 heterocycles. The Hall–Kier alpha value is -1.05. The molecular weight excluding hydrogens is 513 g/mol. The SMILES string of the molecule is CC(C)(C)C(C)(C)C.CC(C)(C)C1(C)CC1.CC(C)(C)C1(F)CC1.CC(C)(C)C1CC1.CC(C)(C)c1ccccc1N. The first-order valence-electron chi connectivity index (χ1n) is 16.8. The number of nitrogens with two attached hydrogens (primary N) is 1. The van der Waals surface area contributed by atoms with Crippen molar-refractivity contribution >= 4 is 5.69 Å². The van der Waals surface area contributed by atoms with E-state index in [1.54, 1.807) is 0 Å². The van der Waals surface area contributed by atoms with Crippen LogP contribution in [0.15, 0.2) is 24.3 Å². The van der Waals surface area contributed by atoms with Crippen LogP contribution in [0.1, 0.15) is 176 Å². The molecule has 0 radical (unpaired) electrons. The predicted molar refractivity (Wildman–Crippen MR) is 190 cm³/mol. The van der Waals surface area contributed by atoms with Crippen LogP contribution >= 0.6 is 0 Å². The van der Waals surface area contributed by atoms with E-state index in [0.29, 0.717) is 27.1 Å². The molecule has 3 aliphatic carbocycles. The van der Waals surface area contributed by atoms with Crippen molar-refractivity contribution in [2.75, 3.05) is 5.73 Å². The second-order valence-corrected chi connectivity index (χ2v) is 20.0. The normalized spacial score (nSPS) is 19.2. The van der Waals surface area contributed by atoms with Crippen molar-refractivity contribution in [2.45, 2.75) is 181 Å². The highest BCUT2D eigenvalue weighted by molar-refractivity contribution is 5.49. The topological polar surface area (TPSA) is 26.0 Å². The zero-order chi connectivity index (χ0) is 33.8. The average molecular weight is 590 g/mol. The Bertz CT molecular complexity index is 844. The summed E-state index contributed by atoms with van der Waals surface area (Å²) in [6.07, 6.45) is 7.38. The molecular formula is C40H76FN. The number of halogens is 1. The van der Waals surface area contributed by atoms with Gasteiger partial charge in [-0.1, -0.05) is 150 Å². The van der Waals surface area contributed by atoms with Gasteiger partial charge >= 0.3 is 0 Å². The minimum absolute atomic E-state index is 0.118. The molecule has 1 aromatic carbocycles. The first-order chi connectivity index (χ1) is 18.3. The summed E-state index contributed by atoms with van der Waals surface area (Å²) in [6, 6.07) is 8.01. The van der Waals surface area contributed by atoms with Gasteiger partial charge in [0.05, 0.1) is 0 Å². The van der Waals surface area contributed by atoms with Crippen molar-refractivity contribution in [3.8, 4) is 0 Å². The van der Waals surface area contributed by atoms with Crippen LogP contribution in [-0.4, -0.2) is 5.67 Å². The first kappa shape index (κ1) is 41.0. The molecule has 3 aliphatic rings. The Morgan fingerprint density at radius 3 is 1.10 bits per heavy atom. The molecule has 0 spiro atoms. The molecule has 248 valence electrons. The number of benzene rings is 1. The monoisotopic (exact) mass is 590 g/mol. The van der Waals surface area contributed by atoms with Crippen molar-refractivity contribution < 1.29 is 4.39 Å². The highest BCUT2D eigenvalue weighted by Crippen LogP contribution is 2.57. The molecule has 2 heteroatoms. The van der Waals surface area contributed by atoms with Gasteiger partial charge < -0.3 is 5.73 Å². The van der Waals surface area contributed by atoms with Gasteiger partial charge in [0.25, 0.3) is 0 Å². The van der Waals surface area contributed by atoms with Crippen LogP contribution in [0.2, 0.25) is 0 Å². The zero-order valence-electron chi connectivity index (χ0n) is 32.1. The summed E-state index contributed by atoms with van der Waals surface area (Å²) in [4.78, 5) is 0. The minimum atomic E-state index is -0.812. The fourth-order valence-corrected chi connectivity index (χ4v) is 3.93. The van der Waals surface area contributed by atoms with Gasteiger partial charge in [-0.05, 0) is 94.0 Å². The summed E-state index contributed by atoms with van der Waals surface area (Å²) >= 11 is 0. The summed E-state index contributed by atoms with van der Waals surface area (Å²) in [6.45, 7) is 42.4. The average Bonchev–Trinajstić information content (AvgIpc) is 3.60. The molecule has 1 nitrogen and oxygen atoms in total. The van der Waals surface area contributed by atoms with Gasteiger partial charge in [0.2, 0.25) is 0 Å². The van der Waals surface area contributed by atoms with Crippen LogP contribution in [0.5, 0.6) is 0 Å². The summed E-state index contributed by atoms with van der Waals surface area (Å²) in [5.41, 5.74) is 9.87. The number of alkyl halides is 1. The van der Waals surface area contributed by atoms with Crippen LogP contribution in [0, 0.1) is 38.4 Å². The molecule has 2 N–H and O–H groups in total. The van der Waals surface area contributed by atoms with Crippen molar-refractivity contribution in [1.82, 2.24) is 0 Å². The fourth-order valence-electron chi connectivity index (χ4n) is 3.93. The second-order valence-electron chi connectivity index (χ2n) is 20.0. The number of hydrogen-bond acceptors (Lipinski definition) is 1. The van der Waals surface area contributed by atoms with Gasteiger partial charge in [-0.3, -0.25) is 0 Å². The largest absolute Gasteiger partial charge is 0.398 e. The summed E-state index contributed by atoms with van der Waals surface area (Å²) < 4.78 is 13.0. The Morgan fingerprint density at radius 2 is 1.00 bits per heavy atom. The van der Waals surface area contributed by atoms with Crippen LogP contribution in [0.3, 0.4) is 0 Å². The van der Waals surface area contributed by atoms with Gasteiger partial charge in [-0.15, -0.1) is 0 Å². The molecule has 3 fully saturated rings. The molecule has 42 heavy (non-hydrogen) atoms. The summed E-state index contributed by atoms with van der Waals surface area (Å²) in [7, 11) is 0. The van der Waals surface area contributed by atoms with E-state index in [4.69, 9.17) is 5.73 Å². The van der Waals surface area contributed by atoms with Crippen LogP contribution in [0.4, 0.5) is 10.1 Å². The predicted octanol–water partition coefficient (Wildman–Crippen LogP) is 13.5. The molecule has 3 saturated carbocycles. The van der Waals surface area contributed by atoms with Crippen molar-refractivity contribution in [1.29, 1.82) is 0 Å². The van der Waals surface area contributed by atoms with Gasteiger partial charge in [0.15, 0.2) is 0 Å². The highest BCUT2D eigenvalue weighted by Gasteiger charge is 2.52. The number of para-hydroxylation sites is 1. The van der Waals surface area contributed by atoms with Gasteiger partial charge in [-0.25, -0.2) is 4.39 Å². The molecule has 0 atom stereocenters. The molecule has 0 aliphatic heterocycles. The molecule has 0 bridgehead atoms. The third-order valence-electron chi connectivity index (χ3n) is 10.7. The zero-order valence-corrected chi connectivity index (χ0v) is 32.1.